The van der Waals surface area contributed by atoms with Crippen LogP contribution in [-0.2, 0) is 0 Å². The molecule has 20 heavy (non-hydrogen) atoms. The minimum atomic E-state index is -0.560. The lowest BCUT2D eigenvalue weighted by atomic mass is 9.93. The van der Waals surface area contributed by atoms with E-state index >= 15 is 0 Å². The maximum Gasteiger partial charge on any atom is 0.149 e. The number of nitrogens with one attached hydrogen (secondary N) is 1. The number of hydrogen-bond donors (Lipinski definition) is 3. The zero-order chi connectivity index (χ0) is 14.7. The van der Waals surface area contributed by atoms with Crippen molar-refractivity contribution in [1.82, 2.24) is 10.2 Å². The van der Waals surface area contributed by atoms with Crippen LogP contribution in [0.3, 0.4) is 0 Å². The molecule has 0 bridgehead atoms. The highest BCUT2D eigenvalue weighted by atomic mass is 19.1. The van der Waals surface area contributed by atoms with E-state index in [0.717, 1.165) is 38.2 Å². The topological polar surface area (TPSA) is 61.5 Å². The number of rotatable bonds is 4. The summed E-state index contributed by atoms with van der Waals surface area (Å²) in [7, 11) is 0. The van der Waals surface area contributed by atoms with Crippen LogP contribution in [0.4, 0.5) is 10.1 Å². The number of hydrogen-bond acceptors (Lipinski definition) is 4. The summed E-state index contributed by atoms with van der Waals surface area (Å²) in [6.45, 7) is 8.03. The zero-order valence-corrected chi connectivity index (χ0v) is 12.2. The summed E-state index contributed by atoms with van der Waals surface area (Å²) in [6.07, 6.45) is 0.915. The highest BCUT2D eigenvalue weighted by Gasteiger charge is 2.26. The monoisotopic (exact) mass is 281 g/mol. The van der Waals surface area contributed by atoms with E-state index in [4.69, 9.17) is 5.73 Å². The van der Waals surface area contributed by atoms with Crippen LogP contribution < -0.4 is 11.1 Å². The van der Waals surface area contributed by atoms with Crippen LogP contribution >= 0.6 is 0 Å². The Hall–Kier alpha value is -1.33. The van der Waals surface area contributed by atoms with Gasteiger partial charge in [0.25, 0.3) is 0 Å². The second-order valence-electron chi connectivity index (χ2n) is 5.83. The first kappa shape index (κ1) is 15.1. The fourth-order valence-corrected chi connectivity index (χ4v) is 2.78. The molecule has 1 atom stereocenters. The molecule has 4 N–H and O–H groups in total. The number of benzene rings is 1. The third kappa shape index (κ3) is 3.22. The molecule has 1 aliphatic rings. The summed E-state index contributed by atoms with van der Waals surface area (Å²) in [5.74, 6) is -0.176. The summed E-state index contributed by atoms with van der Waals surface area (Å²) >= 11 is 0. The molecular formula is C15H24FN3O. The number of nitrogens with zero attached hydrogens (tertiary/aromatic N) is 1. The predicted molar refractivity (Wildman–Crippen MR) is 79.1 cm³/mol. The lowest BCUT2D eigenvalue weighted by Gasteiger charge is -2.36. The van der Waals surface area contributed by atoms with Crippen LogP contribution in [-0.4, -0.2) is 36.2 Å². The number of phenolic OH excluding ortho intramolecular Hbond substituents is 1. The molecular weight excluding hydrogens is 257 g/mol. The first-order valence-corrected chi connectivity index (χ1v) is 7.22. The molecule has 4 nitrogen and oxygen atoms in total. The van der Waals surface area contributed by atoms with Crippen LogP contribution in [0.5, 0.6) is 5.75 Å². The second kappa shape index (κ2) is 6.41. The van der Waals surface area contributed by atoms with Crippen molar-refractivity contribution in [3.05, 3.63) is 23.5 Å². The largest absolute Gasteiger partial charge is 0.505 e. The molecule has 1 aromatic rings. The van der Waals surface area contributed by atoms with Gasteiger partial charge in [-0.1, -0.05) is 19.9 Å². The van der Waals surface area contributed by atoms with E-state index in [1.165, 1.54) is 6.07 Å². The van der Waals surface area contributed by atoms with E-state index in [-0.39, 0.29) is 17.5 Å². The minimum absolute atomic E-state index is 0.0833. The Balaban J connectivity index is 2.32. The molecule has 1 aromatic carbocycles. The highest BCUT2D eigenvalue weighted by Crippen LogP contribution is 2.37. The molecule has 0 spiro atoms. The molecule has 0 amide bonds. The molecule has 0 saturated carbocycles. The summed E-state index contributed by atoms with van der Waals surface area (Å²) < 4.78 is 13.4. The Morgan fingerprint density at radius 3 is 2.60 bits per heavy atom. The van der Waals surface area contributed by atoms with Crippen molar-refractivity contribution >= 4 is 5.69 Å². The Bertz CT molecular complexity index is 459. The SMILES string of the molecule is CC(C)C[C@@H](c1ccc(F)c(N)c1O)N1CCNCC1. The number of phenols is 1. The average Bonchev–Trinajstić information content (AvgIpc) is 2.44. The summed E-state index contributed by atoms with van der Waals surface area (Å²) in [6, 6.07) is 3.09. The van der Waals surface area contributed by atoms with E-state index < -0.39 is 5.82 Å². The number of piperazine rings is 1. The average molecular weight is 281 g/mol. The standard InChI is InChI=1S/C15H24FN3O/c1-10(2)9-13(19-7-5-18-6-8-19)11-3-4-12(16)14(17)15(11)20/h3-4,10,13,18,20H,5-9,17H2,1-2H3/t13-/m0/s1. The maximum absolute atomic E-state index is 13.4. The number of nitrogen functional groups attached to an aromatic ring is 1. The van der Waals surface area contributed by atoms with Crippen molar-refractivity contribution in [2.24, 2.45) is 5.92 Å². The van der Waals surface area contributed by atoms with Crippen molar-refractivity contribution < 1.29 is 9.50 Å². The first-order chi connectivity index (χ1) is 9.50. The van der Waals surface area contributed by atoms with Crippen molar-refractivity contribution in [3.8, 4) is 5.75 Å². The molecule has 0 aliphatic carbocycles. The van der Waals surface area contributed by atoms with E-state index in [2.05, 4.69) is 24.1 Å². The Labute approximate surface area is 119 Å². The van der Waals surface area contributed by atoms with E-state index in [9.17, 15) is 9.50 Å². The summed E-state index contributed by atoms with van der Waals surface area (Å²) in [5, 5.41) is 13.5. The smallest absolute Gasteiger partial charge is 0.149 e. The van der Waals surface area contributed by atoms with Crippen LogP contribution in [0.25, 0.3) is 0 Å². The van der Waals surface area contributed by atoms with Gasteiger partial charge in [-0.3, -0.25) is 4.90 Å². The van der Waals surface area contributed by atoms with Crippen LogP contribution in [0.2, 0.25) is 0 Å². The van der Waals surface area contributed by atoms with Gasteiger partial charge in [0.2, 0.25) is 0 Å². The van der Waals surface area contributed by atoms with Gasteiger partial charge in [0.1, 0.15) is 17.3 Å². The van der Waals surface area contributed by atoms with Crippen LogP contribution in [0.1, 0.15) is 31.9 Å². The van der Waals surface area contributed by atoms with Gasteiger partial charge >= 0.3 is 0 Å². The maximum atomic E-state index is 13.4. The number of nitrogens with two attached hydrogens (primary N) is 1. The molecule has 5 heteroatoms. The van der Waals surface area contributed by atoms with Gasteiger partial charge in [0.15, 0.2) is 0 Å². The van der Waals surface area contributed by atoms with Crippen molar-refractivity contribution in [1.29, 1.82) is 0 Å². The normalized spacial score (nSPS) is 18.4. The van der Waals surface area contributed by atoms with Gasteiger partial charge in [-0.15, -0.1) is 0 Å². The Kier molecular flexibility index (Phi) is 4.83. The molecule has 2 rings (SSSR count). The minimum Gasteiger partial charge on any atom is -0.505 e. The molecule has 112 valence electrons. The van der Waals surface area contributed by atoms with Gasteiger partial charge in [-0.05, 0) is 18.4 Å². The molecule has 0 unspecified atom stereocenters. The Morgan fingerprint density at radius 1 is 1.35 bits per heavy atom. The Morgan fingerprint density at radius 2 is 2.00 bits per heavy atom. The molecule has 0 radical (unpaired) electrons. The number of anilines is 1. The second-order valence-corrected chi connectivity index (χ2v) is 5.83. The first-order valence-electron chi connectivity index (χ1n) is 7.22. The van der Waals surface area contributed by atoms with E-state index in [1.807, 2.05) is 0 Å². The third-order valence-corrected chi connectivity index (χ3v) is 3.84. The van der Waals surface area contributed by atoms with E-state index in [1.54, 1.807) is 6.07 Å². The van der Waals surface area contributed by atoms with E-state index in [0.29, 0.717) is 5.92 Å². The van der Waals surface area contributed by atoms with Crippen LogP contribution in [0, 0.1) is 11.7 Å². The van der Waals surface area contributed by atoms with Crippen LogP contribution in [0.15, 0.2) is 12.1 Å². The van der Waals surface area contributed by atoms with Crippen molar-refractivity contribution in [3.63, 3.8) is 0 Å². The molecule has 0 aromatic heterocycles. The van der Waals surface area contributed by atoms with Gasteiger partial charge in [-0.2, -0.15) is 0 Å². The highest BCUT2D eigenvalue weighted by molar-refractivity contribution is 5.57. The van der Waals surface area contributed by atoms with Gasteiger partial charge in [0.05, 0.1) is 0 Å². The number of aromatic hydroxyl groups is 1. The molecule has 1 saturated heterocycles. The quantitative estimate of drug-likeness (QED) is 0.584. The molecule has 1 aliphatic heterocycles. The lowest BCUT2D eigenvalue weighted by Crippen LogP contribution is -2.45. The summed E-state index contributed by atoms with van der Waals surface area (Å²) in [4.78, 5) is 2.34. The summed E-state index contributed by atoms with van der Waals surface area (Å²) in [5.41, 5.74) is 6.21. The fourth-order valence-electron chi connectivity index (χ4n) is 2.78. The van der Waals surface area contributed by atoms with Gasteiger partial charge in [0, 0.05) is 37.8 Å². The zero-order valence-electron chi connectivity index (χ0n) is 12.2. The molecule has 1 fully saturated rings. The number of halogens is 1. The molecule has 1 heterocycles. The van der Waals surface area contributed by atoms with Gasteiger partial charge in [-0.25, -0.2) is 4.39 Å². The van der Waals surface area contributed by atoms with Gasteiger partial charge < -0.3 is 16.2 Å². The predicted octanol–water partition coefficient (Wildman–Crippen LogP) is 2.11. The lowest BCUT2D eigenvalue weighted by molar-refractivity contribution is 0.151. The van der Waals surface area contributed by atoms with Crippen molar-refractivity contribution in [2.75, 3.05) is 31.9 Å². The third-order valence-electron chi connectivity index (χ3n) is 3.84. The van der Waals surface area contributed by atoms with Crippen molar-refractivity contribution in [2.45, 2.75) is 26.3 Å². The fraction of sp³-hybridized carbons (Fsp3) is 0.600.